The number of hydrogen-bond donors (Lipinski definition) is 0. The number of aryl methyl sites for hydroxylation is 2. The van der Waals surface area contributed by atoms with Crippen LogP contribution in [0.5, 0.6) is 0 Å². The minimum Gasteiger partial charge on any atom is -0.337 e. The monoisotopic (exact) mass is 254 g/mol. The van der Waals surface area contributed by atoms with Crippen molar-refractivity contribution in [2.45, 2.75) is 20.4 Å². The maximum atomic E-state index is 5.27. The van der Waals surface area contributed by atoms with E-state index in [-0.39, 0.29) is 0 Å². The quantitative estimate of drug-likeness (QED) is 0.721. The third kappa shape index (κ3) is 2.40. The molecule has 3 rings (SSSR count). The molecule has 0 spiro atoms. The molecule has 19 heavy (non-hydrogen) atoms. The predicted molar refractivity (Wildman–Crippen MR) is 70.5 cm³/mol. The molecule has 0 aliphatic heterocycles. The van der Waals surface area contributed by atoms with E-state index in [1.165, 1.54) is 0 Å². The number of nitrogens with zero attached hydrogens (tertiary/aromatic N) is 4. The number of aromatic nitrogens is 4. The largest absolute Gasteiger partial charge is 0.337 e. The van der Waals surface area contributed by atoms with Gasteiger partial charge in [-0.1, -0.05) is 35.5 Å². The van der Waals surface area contributed by atoms with Crippen molar-refractivity contribution in [3.63, 3.8) is 0 Å². The standard InChI is InChI=1S/C14H14N4O/c1-10-8-11(2)18(16-10)9-13-15-14(17-19-13)12-6-4-3-5-7-12/h3-8H,9H2,1-2H3. The predicted octanol–water partition coefficient (Wildman–Crippen LogP) is 2.60. The van der Waals surface area contributed by atoms with Crippen molar-refractivity contribution >= 4 is 0 Å². The summed E-state index contributed by atoms with van der Waals surface area (Å²) < 4.78 is 7.12. The maximum Gasteiger partial charge on any atom is 0.248 e. The van der Waals surface area contributed by atoms with Crippen LogP contribution in [0.3, 0.4) is 0 Å². The lowest BCUT2D eigenvalue weighted by atomic mass is 10.2. The Bertz CT molecular complexity index is 685. The van der Waals surface area contributed by atoms with Gasteiger partial charge in [-0.15, -0.1) is 0 Å². The first-order valence-electron chi connectivity index (χ1n) is 6.11. The third-order valence-electron chi connectivity index (χ3n) is 2.89. The molecule has 0 bridgehead atoms. The average Bonchev–Trinajstić information content (AvgIpc) is 2.99. The van der Waals surface area contributed by atoms with Gasteiger partial charge in [0.05, 0.1) is 5.69 Å². The molecular formula is C14H14N4O. The normalized spacial score (nSPS) is 10.8. The van der Waals surface area contributed by atoms with Gasteiger partial charge in [-0.25, -0.2) is 0 Å². The highest BCUT2D eigenvalue weighted by molar-refractivity contribution is 5.53. The molecule has 0 fully saturated rings. The summed E-state index contributed by atoms with van der Waals surface area (Å²) >= 11 is 0. The van der Waals surface area contributed by atoms with Crippen LogP contribution in [0.2, 0.25) is 0 Å². The van der Waals surface area contributed by atoms with E-state index >= 15 is 0 Å². The Labute approximate surface area is 110 Å². The summed E-state index contributed by atoms with van der Waals surface area (Å²) in [4.78, 5) is 4.39. The average molecular weight is 254 g/mol. The summed E-state index contributed by atoms with van der Waals surface area (Å²) in [6, 6.07) is 11.8. The zero-order valence-electron chi connectivity index (χ0n) is 10.9. The zero-order chi connectivity index (χ0) is 13.2. The molecule has 2 heterocycles. The molecule has 2 aromatic heterocycles. The van der Waals surface area contributed by atoms with Crippen molar-refractivity contribution in [2.24, 2.45) is 0 Å². The number of rotatable bonds is 3. The molecule has 0 unspecified atom stereocenters. The van der Waals surface area contributed by atoms with Gasteiger partial charge in [-0.05, 0) is 19.9 Å². The fourth-order valence-corrected chi connectivity index (χ4v) is 1.99. The van der Waals surface area contributed by atoms with E-state index in [9.17, 15) is 0 Å². The minimum atomic E-state index is 0.500. The Morgan fingerprint density at radius 3 is 2.63 bits per heavy atom. The van der Waals surface area contributed by atoms with E-state index in [0.29, 0.717) is 18.3 Å². The van der Waals surface area contributed by atoms with Crippen molar-refractivity contribution in [3.8, 4) is 11.4 Å². The lowest BCUT2D eigenvalue weighted by Crippen LogP contribution is -2.04. The molecule has 0 atom stereocenters. The summed E-state index contributed by atoms with van der Waals surface area (Å²) in [7, 11) is 0. The summed E-state index contributed by atoms with van der Waals surface area (Å²) in [5.41, 5.74) is 3.02. The van der Waals surface area contributed by atoms with Crippen LogP contribution in [0.15, 0.2) is 40.9 Å². The number of benzene rings is 1. The van der Waals surface area contributed by atoms with Gasteiger partial charge in [-0.3, -0.25) is 4.68 Å². The lowest BCUT2D eigenvalue weighted by molar-refractivity contribution is 0.364. The van der Waals surface area contributed by atoms with Crippen LogP contribution in [0.25, 0.3) is 11.4 Å². The van der Waals surface area contributed by atoms with Crippen molar-refractivity contribution in [1.82, 2.24) is 19.9 Å². The van der Waals surface area contributed by atoms with Gasteiger partial charge in [0.15, 0.2) is 0 Å². The molecule has 5 nitrogen and oxygen atoms in total. The molecule has 0 saturated heterocycles. The Balaban J connectivity index is 1.84. The van der Waals surface area contributed by atoms with E-state index in [4.69, 9.17) is 4.52 Å². The third-order valence-corrected chi connectivity index (χ3v) is 2.89. The van der Waals surface area contributed by atoms with Crippen LogP contribution in [-0.4, -0.2) is 19.9 Å². The van der Waals surface area contributed by atoms with E-state index in [1.807, 2.05) is 54.9 Å². The highest BCUT2D eigenvalue weighted by atomic mass is 16.5. The first-order valence-corrected chi connectivity index (χ1v) is 6.11. The van der Waals surface area contributed by atoms with Gasteiger partial charge in [0, 0.05) is 11.3 Å². The van der Waals surface area contributed by atoms with Gasteiger partial charge in [0.1, 0.15) is 6.54 Å². The highest BCUT2D eigenvalue weighted by Gasteiger charge is 2.10. The van der Waals surface area contributed by atoms with Crippen LogP contribution in [0, 0.1) is 13.8 Å². The van der Waals surface area contributed by atoms with Gasteiger partial charge < -0.3 is 4.52 Å². The second-order valence-corrected chi connectivity index (χ2v) is 4.46. The van der Waals surface area contributed by atoms with E-state index in [2.05, 4.69) is 15.2 Å². The molecule has 3 aromatic rings. The van der Waals surface area contributed by atoms with Crippen molar-refractivity contribution in [3.05, 3.63) is 53.7 Å². The summed E-state index contributed by atoms with van der Waals surface area (Å²) in [6.07, 6.45) is 0. The molecule has 0 saturated carbocycles. The van der Waals surface area contributed by atoms with Crippen molar-refractivity contribution in [1.29, 1.82) is 0 Å². The molecule has 5 heteroatoms. The topological polar surface area (TPSA) is 56.7 Å². The van der Waals surface area contributed by atoms with E-state index in [1.54, 1.807) is 0 Å². The molecule has 1 aromatic carbocycles. The van der Waals surface area contributed by atoms with Crippen LogP contribution < -0.4 is 0 Å². The fourth-order valence-electron chi connectivity index (χ4n) is 1.99. The summed E-state index contributed by atoms with van der Waals surface area (Å²) in [5, 5.41) is 8.37. The second-order valence-electron chi connectivity index (χ2n) is 4.46. The molecule has 0 amide bonds. The molecule has 0 N–H and O–H groups in total. The Morgan fingerprint density at radius 1 is 1.16 bits per heavy atom. The molecule has 0 radical (unpaired) electrons. The van der Waals surface area contributed by atoms with Gasteiger partial charge in [-0.2, -0.15) is 10.1 Å². The summed E-state index contributed by atoms with van der Waals surface area (Å²) in [5.74, 6) is 1.17. The van der Waals surface area contributed by atoms with Crippen LogP contribution >= 0.6 is 0 Å². The van der Waals surface area contributed by atoms with E-state index in [0.717, 1.165) is 17.0 Å². The van der Waals surface area contributed by atoms with Gasteiger partial charge in [0.25, 0.3) is 0 Å². The van der Waals surface area contributed by atoms with Crippen LogP contribution in [-0.2, 0) is 6.54 Å². The van der Waals surface area contributed by atoms with E-state index < -0.39 is 0 Å². The fraction of sp³-hybridized carbons (Fsp3) is 0.214. The highest BCUT2D eigenvalue weighted by Crippen LogP contribution is 2.15. The second kappa shape index (κ2) is 4.68. The van der Waals surface area contributed by atoms with Gasteiger partial charge in [0.2, 0.25) is 11.7 Å². The maximum absolute atomic E-state index is 5.27. The van der Waals surface area contributed by atoms with Crippen molar-refractivity contribution in [2.75, 3.05) is 0 Å². The minimum absolute atomic E-state index is 0.500. The van der Waals surface area contributed by atoms with Crippen LogP contribution in [0.4, 0.5) is 0 Å². The zero-order valence-corrected chi connectivity index (χ0v) is 10.9. The molecule has 96 valence electrons. The molecule has 0 aliphatic rings. The smallest absolute Gasteiger partial charge is 0.248 e. The first kappa shape index (κ1) is 11.6. The number of hydrogen-bond acceptors (Lipinski definition) is 4. The van der Waals surface area contributed by atoms with Crippen LogP contribution in [0.1, 0.15) is 17.3 Å². The Kier molecular flexibility index (Phi) is 2.87. The first-order chi connectivity index (χ1) is 9.22. The van der Waals surface area contributed by atoms with Gasteiger partial charge >= 0.3 is 0 Å². The molecular weight excluding hydrogens is 240 g/mol. The Hall–Kier alpha value is -2.43. The Morgan fingerprint density at radius 2 is 1.95 bits per heavy atom. The summed E-state index contributed by atoms with van der Waals surface area (Å²) in [6.45, 7) is 4.47. The SMILES string of the molecule is Cc1cc(C)n(Cc2nc(-c3ccccc3)no2)n1. The molecule has 0 aliphatic carbocycles. The van der Waals surface area contributed by atoms with Crippen molar-refractivity contribution < 1.29 is 4.52 Å². The lowest BCUT2D eigenvalue weighted by Gasteiger charge is -1.98.